The van der Waals surface area contributed by atoms with E-state index in [0.717, 1.165) is 4.88 Å². The Labute approximate surface area is 98.9 Å². The highest BCUT2D eigenvalue weighted by Gasteiger charge is 2.25. The standard InChI is InChI=1S/C9H14ClO3PS/c1-3-12-14(11,13-4-2)7-9-8(10)5-6-15-9/h5-6H,3-4,7H2,1-2H3. The van der Waals surface area contributed by atoms with Crippen molar-refractivity contribution in [1.29, 1.82) is 0 Å². The van der Waals surface area contributed by atoms with E-state index in [9.17, 15) is 4.57 Å². The average molecular weight is 269 g/mol. The number of halogens is 1. The van der Waals surface area contributed by atoms with Gasteiger partial charge >= 0.3 is 7.60 Å². The lowest BCUT2D eigenvalue weighted by Gasteiger charge is -2.16. The molecule has 0 saturated carbocycles. The van der Waals surface area contributed by atoms with Crippen LogP contribution in [0.25, 0.3) is 0 Å². The van der Waals surface area contributed by atoms with Crippen LogP contribution in [-0.4, -0.2) is 13.2 Å². The zero-order valence-corrected chi connectivity index (χ0v) is 11.2. The first kappa shape index (κ1) is 13.2. The minimum Gasteiger partial charge on any atom is -0.309 e. The molecular formula is C9H14ClO3PS. The Morgan fingerprint density at radius 3 is 2.40 bits per heavy atom. The fourth-order valence-electron chi connectivity index (χ4n) is 1.14. The Hall–Kier alpha value is 0.140. The van der Waals surface area contributed by atoms with Gasteiger partial charge in [0.05, 0.1) is 24.4 Å². The minimum absolute atomic E-state index is 0.255. The van der Waals surface area contributed by atoms with E-state index in [0.29, 0.717) is 18.2 Å². The van der Waals surface area contributed by atoms with Gasteiger partial charge in [-0.3, -0.25) is 4.57 Å². The molecule has 1 heterocycles. The minimum atomic E-state index is -3.01. The van der Waals surface area contributed by atoms with Gasteiger partial charge in [0.1, 0.15) is 0 Å². The molecule has 1 aromatic rings. The fourth-order valence-corrected chi connectivity index (χ4v) is 4.45. The van der Waals surface area contributed by atoms with Crippen molar-refractivity contribution in [2.24, 2.45) is 0 Å². The van der Waals surface area contributed by atoms with E-state index in [4.69, 9.17) is 20.6 Å². The second-order valence-electron chi connectivity index (χ2n) is 2.80. The lowest BCUT2D eigenvalue weighted by molar-refractivity contribution is 0.219. The molecule has 0 radical (unpaired) electrons. The summed E-state index contributed by atoms with van der Waals surface area (Å²) in [6, 6.07) is 1.78. The third-order valence-corrected chi connectivity index (χ3v) is 5.29. The molecule has 86 valence electrons. The topological polar surface area (TPSA) is 35.5 Å². The Kier molecular flexibility index (Phi) is 5.30. The van der Waals surface area contributed by atoms with Crippen LogP contribution in [0.5, 0.6) is 0 Å². The Morgan fingerprint density at radius 1 is 1.40 bits per heavy atom. The third kappa shape index (κ3) is 3.89. The van der Waals surface area contributed by atoms with Gasteiger partial charge < -0.3 is 9.05 Å². The number of hydrogen-bond acceptors (Lipinski definition) is 4. The monoisotopic (exact) mass is 268 g/mol. The molecule has 3 nitrogen and oxygen atoms in total. The van der Waals surface area contributed by atoms with E-state index < -0.39 is 7.60 Å². The first-order valence-electron chi connectivity index (χ1n) is 4.71. The summed E-state index contributed by atoms with van der Waals surface area (Å²) in [4.78, 5) is 0.849. The summed E-state index contributed by atoms with van der Waals surface area (Å²) in [6.45, 7) is 4.34. The molecule has 0 aliphatic heterocycles. The normalized spacial score (nSPS) is 11.9. The first-order chi connectivity index (χ1) is 7.11. The molecular weight excluding hydrogens is 255 g/mol. The largest absolute Gasteiger partial charge is 0.335 e. The maximum atomic E-state index is 12.1. The van der Waals surface area contributed by atoms with Gasteiger partial charge in [0.2, 0.25) is 0 Å². The van der Waals surface area contributed by atoms with E-state index in [1.165, 1.54) is 11.3 Å². The molecule has 0 fully saturated rings. The highest BCUT2D eigenvalue weighted by molar-refractivity contribution is 7.53. The second-order valence-corrected chi connectivity index (χ2v) is 6.26. The van der Waals surface area contributed by atoms with Gasteiger partial charge in [-0.2, -0.15) is 0 Å². The predicted octanol–water partition coefficient (Wildman–Crippen LogP) is 4.17. The van der Waals surface area contributed by atoms with Gasteiger partial charge in [-0.15, -0.1) is 11.3 Å². The molecule has 0 aliphatic carbocycles. The second kappa shape index (κ2) is 6.02. The van der Waals surface area contributed by atoms with Gasteiger partial charge in [-0.05, 0) is 25.3 Å². The van der Waals surface area contributed by atoms with Gasteiger partial charge in [0.25, 0.3) is 0 Å². The highest BCUT2D eigenvalue weighted by atomic mass is 35.5. The number of rotatable bonds is 6. The zero-order chi connectivity index (χ0) is 11.3. The number of thiophene rings is 1. The molecule has 0 aliphatic rings. The van der Waals surface area contributed by atoms with Crippen LogP contribution in [0.15, 0.2) is 11.4 Å². The van der Waals surface area contributed by atoms with Gasteiger partial charge in [0, 0.05) is 4.88 Å². The van der Waals surface area contributed by atoms with Crippen molar-refractivity contribution in [1.82, 2.24) is 0 Å². The SMILES string of the molecule is CCOP(=O)(Cc1sccc1Cl)OCC. The summed E-state index contributed by atoms with van der Waals surface area (Å²) in [5.41, 5.74) is 0. The molecule has 1 rings (SSSR count). The smallest absolute Gasteiger partial charge is 0.309 e. The van der Waals surface area contributed by atoms with Crippen LogP contribution in [0.3, 0.4) is 0 Å². The van der Waals surface area contributed by atoms with Crippen molar-refractivity contribution < 1.29 is 13.6 Å². The third-order valence-electron chi connectivity index (χ3n) is 1.68. The van der Waals surface area contributed by atoms with Crippen molar-refractivity contribution >= 4 is 30.5 Å². The van der Waals surface area contributed by atoms with E-state index in [2.05, 4.69) is 0 Å². The van der Waals surface area contributed by atoms with Crippen molar-refractivity contribution in [2.75, 3.05) is 13.2 Å². The van der Waals surface area contributed by atoms with Crippen molar-refractivity contribution in [2.45, 2.75) is 20.0 Å². The van der Waals surface area contributed by atoms with Gasteiger partial charge in [-0.25, -0.2) is 0 Å². The molecule has 0 aromatic carbocycles. The molecule has 0 spiro atoms. The molecule has 15 heavy (non-hydrogen) atoms. The summed E-state index contributed by atoms with van der Waals surface area (Å²) in [6.07, 6.45) is 0.255. The maximum absolute atomic E-state index is 12.1. The van der Waals surface area contributed by atoms with Crippen LogP contribution in [-0.2, 0) is 19.8 Å². The summed E-state index contributed by atoms with van der Waals surface area (Å²) < 4.78 is 22.5. The van der Waals surface area contributed by atoms with Crippen LogP contribution in [0.4, 0.5) is 0 Å². The van der Waals surface area contributed by atoms with Crippen LogP contribution < -0.4 is 0 Å². The molecule has 1 aromatic heterocycles. The van der Waals surface area contributed by atoms with Crippen molar-refractivity contribution in [3.05, 3.63) is 21.3 Å². The van der Waals surface area contributed by atoms with Gasteiger partial charge in [-0.1, -0.05) is 11.6 Å². The summed E-state index contributed by atoms with van der Waals surface area (Å²) in [5, 5.41) is 2.49. The molecule has 0 bridgehead atoms. The fraction of sp³-hybridized carbons (Fsp3) is 0.556. The van der Waals surface area contributed by atoms with Crippen LogP contribution in [0.2, 0.25) is 5.02 Å². The van der Waals surface area contributed by atoms with Gasteiger partial charge in [0.15, 0.2) is 0 Å². The van der Waals surface area contributed by atoms with Crippen molar-refractivity contribution in [3.63, 3.8) is 0 Å². The molecule has 0 saturated heterocycles. The first-order valence-corrected chi connectivity index (χ1v) is 7.70. The van der Waals surface area contributed by atoms with Crippen LogP contribution >= 0.6 is 30.5 Å². The number of hydrogen-bond donors (Lipinski definition) is 0. The van der Waals surface area contributed by atoms with E-state index in [-0.39, 0.29) is 6.16 Å². The average Bonchev–Trinajstić information content (AvgIpc) is 2.52. The Morgan fingerprint density at radius 2 is 2.00 bits per heavy atom. The Bertz CT molecular complexity index is 343. The molecule has 0 amide bonds. The van der Waals surface area contributed by atoms with E-state index in [1.54, 1.807) is 19.9 Å². The van der Waals surface area contributed by atoms with Crippen molar-refractivity contribution in [3.8, 4) is 0 Å². The zero-order valence-electron chi connectivity index (χ0n) is 8.73. The van der Waals surface area contributed by atoms with E-state index in [1.807, 2.05) is 5.38 Å². The highest BCUT2D eigenvalue weighted by Crippen LogP contribution is 2.52. The predicted molar refractivity (Wildman–Crippen MR) is 63.9 cm³/mol. The lowest BCUT2D eigenvalue weighted by Crippen LogP contribution is -1.98. The summed E-state index contributed by atoms with van der Waals surface area (Å²) >= 11 is 7.39. The maximum Gasteiger partial charge on any atom is 0.335 e. The molecule has 0 atom stereocenters. The molecule has 0 N–H and O–H groups in total. The summed E-state index contributed by atoms with van der Waals surface area (Å²) in [7, 11) is -3.01. The lowest BCUT2D eigenvalue weighted by atomic mass is 10.5. The van der Waals surface area contributed by atoms with Crippen LogP contribution in [0, 0.1) is 0 Å². The molecule has 6 heteroatoms. The summed E-state index contributed by atoms with van der Waals surface area (Å²) in [5.74, 6) is 0. The van der Waals surface area contributed by atoms with Crippen LogP contribution in [0.1, 0.15) is 18.7 Å². The van der Waals surface area contributed by atoms with E-state index >= 15 is 0 Å². The Balaban J connectivity index is 2.75. The quantitative estimate of drug-likeness (QED) is 0.727. The molecule has 0 unspecified atom stereocenters.